The summed E-state index contributed by atoms with van der Waals surface area (Å²) in [7, 11) is -3.13. The highest BCUT2D eigenvalue weighted by molar-refractivity contribution is 6.74. The molecular weight excluding hydrogens is 639 g/mol. The van der Waals surface area contributed by atoms with Gasteiger partial charge >= 0.3 is 0 Å². The van der Waals surface area contributed by atoms with Crippen molar-refractivity contribution in [1.29, 1.82) is 0 Å². The Bertz CT molecular complexity index is 1160. The Kier molecular flexibility index (Phi) is 16.7. The van der Waals surface area contributed by atoms with E-state index in [2.05, 4.69) is 137 Å². The predicted octanol–water partition coefficient (Wildman–Crippen LogP) is 9.08. The van der Waals surface area contributed by atoms with E-state index in [1.807, 2.05) is 6.07 Å². The normalized spacial score (nSPS) is 19.8. The van der Waals surface area contributed by atoms with Crippen LogP contribution in [0.15, 0.2) is 60.7 Å². The number of aliphatic hydroxyl groups excluding tert-OH is 1. The van der Waals surface area contributed by atoms with Crippen molar-refractivity contribution in [2.24, 2.45) is 0 Å². The van der Waals surface area contributed by atoms with E-state index in [1.54, 1.807) is 0 Å². The monoisotopic (exact) mass is 712 g/mol. The minimum Gasteiger partial charge on any atom is -0.414 e. The molecule has 0 unspecified atom stereocenters. The third-order valence-electron chi connectivity index (χ3n) is 11.4. The van der Waals surface area contributed by atoms with Crippen molar-refractivity contribution in [3.05, 3.63) is 71.8 Å². The van der Waals surface area contributed by atoms with E-state index >= 15 is 0 Å². The molecule has 2 aromatic carbocycles. The fourth-order valence-electron chi connectivity index (χ4n) is 6.05. The highest BCUT2D eigenvalue weighted by Crippen LogP contribution is 2.39. The molecule has 3 aliphatic rings. The predicted molar refractivity (Wildman–Crippen MR) is 214 cm³/mol. The minimum atomic E-state index is -1.61. The maximum atomic E-state index is 9.37. The summed E-state index contributed by atoms with van der Waals surface area (Å²) in [4.78, 5) is 4.96. The van der Waals surface area contributed by atoms with Gasteiger partial charge in [-0.3, -0.25) is 9.80 Å². The highest BCUT2D eigenvalue weighted by atomic mass is 28.4. The molecule has 0 bridgehead atoms. The Morgan fingerprint density at radius 1 is 0.592 bits per heavy atom. The van der Waals surface area contributed by atoms with Gasteiger partial charge in [0.2, 0.25) is 0 Å². The van der Waals surface area contributed by atoms with Crippen LogP contribution < -0.4 is 5.32 Å². The van der Waals surface area contributed by atoms with Gasteiger partial charge in [-0.25, -0.2) is 0 Å². The van der Waals surface area contributed by atoms with E-state index in [0.29, 0.717) is 22.3 Å². The lowest BCUT2D eigenvalue weighted by Gasteiger charge is -2.42. The molecule has 5 rings (SSSR count). The average Bonchev–Trinajstić information content (AvgIpc) is 3.04. The molecule has 0 radical (unpaired) electrons. The van der Waals surface area contributed by atoms with Gasteiger partial charge in [0.05, 0.1) is 6.10 Å². The fraction of sp³-hybridized carbons (Fsp3) is 0.707. The molecule has 2 aromatic rings. The first-order valence-corrected chi connectivity index (χ1v) is 25.0. The molecule has 0 aromatic heterocycles. The van der Waals surface area contributed by atoms with Crippen LogP contribution >= 0.6 is 0 Å². The van der Waals surface area contributed by atoms with Gasteiger partial charge in [-0.15, -0.1) is 0 Å². The van der Waals surface area contributed by atoms with Crippen LogP contribution in [0.25, 0.3) is 0 Å². The first-order chi connectivity index (χ1) is 22.9. The number of rotatable bonds is 8. The summed E-state index contributed by atoms with van der Waals surface area (Å²) < 4.78 is 12.9. The number of hydrogen-bond donors (Lipinski definition) is 2. The van der Waals surface area contributed by atoms with Crippen LogP contribution in [0.2, 0.25) is 36.3 Å². The smallest absolute Gasteiger partial charge is 0.192 e. The Morgan fingerprint density at radius 3 is 1.31 bits per heavy atom. The Balaban J connectivity index is 0.000000206. The van der Waals surface area contributed by atoms with Gasteiger partial charge in [0.1, 0.15) is 0 Å². The number of nitrogens with one attached hydrogen (secondary N) is 1. The van der Waals surface area contributed by atoms with Crippen molar-refractivity contribution < 1.29 is 14.0 Å². The van der Waals surface area contributed by atoms with Crippen molar-refractivity contribution in [2.45, 2.75) is 148 Å². The SMILES string of the molecule is CC(C)(C)[Si](C)(C)OC1CCN(Cc2ccccc2)CC1.CC(C)(C)[Si](C)(C)OC1CCNCC1.OC1CCN(Cc2ccccc2)CC1. The molecule has 0 spiro atoms. The molecule has 0 aliphatic carbocycles. The zero-order valence-electron chi connectivity index (χ0n) is 33.1. The van der Waals surface area contributed by atoms with Gasteiger partial charge in [0, 0.05) is 51.5 Å². The zero-order valence-corrected chi connectivity index (χ0v) is 35.1. The lowest BCUT2D eigenvalue weighted by Crippen LogP contribution is -2.47. The van der Waals surface area contributed by atoms with E-state index < -0.39 is 16.6 Å². The van der Waals surface area contributed by atoms with Gasteiger partial charge in [-0.1, -0.05) is 102 Å². The molecule has 8 heteroatoms. The van der Waals surface area contributed by atoms with Gasteiger partial charge < -0.3 is 19.3 Å². The Morgan fingerprint density at radius 2 is 0.939 bits per heavy atom. The summed E-state index contributed by atoms with van der Waals surface area (Å²) >= 11 is 0. The van der Waals surface area contributed by atoms with Crippen LogP contribution in [0.4, 0.5) is 0 Å². The minimum absolute atomic E-state index is 0.0676. The van der Waals surface area contributed by atoms with E-state index in [9.17, 15) is 5.11 Å². The summed E-state index contributed by atoms with van der Waals surface area (Å²) in [6.07, 6.45) is 7.49. The number of benzene rings is 2. The van der Waals surface area contributed by atoms with Crippen molar-refractivity contribution >= 4 is 16.6 Å². The van der Waals surface area contributed by atoms with Crippen molar-refractivity contribution in [2.75, 3.05) is 39.3 Å². The van der Waals surface area contributed by atoms with E-state index in [-0.39, 0.29) is 6.10 Å². The average molecular weight is 712 g/mol. The Hall–Kier alpha value is -1.37. The quantitative estimate of drug-likeness (QED) is 0.267. The standard InChI is InChI=1S/C18H31NOSi.C12H17NO.C11H25NOSi/c1-18(2,3)21(4,5)20-17-11-13-19(14-12-17)15-16-9-7-6-8-10-16;14-12-6-8-13(9-7-12)10-11-4-2-1-3-5-11;1-11(2,3)14(4,5)13-10-6-8-12-9-7-10/h6-10,17H,11-15H2,1-5H3;1-5,12,14H,6-10H2;10,12H,6-9H2,1-5H3. The lowest BCUT2D eigenvalue weighted by molar-refractivity contribution is 0.0792. The molecule has 6 nitrogen and oxygen atoms in total. The maximum absolute atomic E-state index is 9.37. The van der Waals surface area contributed by atoms with Gasteiger partial charge in [-0.05, 0) is 99.0 Å². The van der Waals surface area contributed by atoms with Crippen LogP contribution in [0.5, 0.6) is 0 Å². The second-order valence-electron chi connectivity index (χ2n) is 17.7. The molecule has 49 heavy (non-hydrogen) atoms. The molecular formula is C41H73N3O3Si2. The van der Waals surface area contributed by atoms with E-state index in [0.717, 1.165) is 65.2 Å². The maximum Gasteiger partial charge on any atom is 0.192 e. The van der Waals surface area contributed by atoms with Gasteiger partial charge in [0.25, 0.3) is 0 Å². The van der Waals surface area contributed by atoms with Crippen LogP contribution in [0.3, 0.4) is 0 Å². The van der Waals surface area contributed by atoms with E-state index in [1.165, 1.54) is 36.8 Å². The topological polar surface area (TPSA) is 57.2 Å². The first kappa shape index (κ1) is 42.0. The summed E-state index contributed by atoms with van der Waals surface area (Å²) in [6, 6.07) is 21.3. The number of aliphatic hydroxyl groups is 1. The van der Waals surface area contributed by atoms with Crippen molar-refractivity contribution in [3.8, 4) is 0 Å². The van der Waals surface area contributed by atoms with Crippen LogP contribution in [0, 0.1) is 0 Å². The number of hydrogen-bond acceptors (Lipinski definition) is 6. The molecule has 278 valence electrons. The van der Waals surface area contributed by atoms with Crippen molar-refractivity contribution in [3.63, 3.8) is 0 Å². The summed E-state index contributed by atoms with van der Waals surface area (Å²) in [5.74, 6) is 0. The molecule has 3 fully saturated rings. The number of likely N-dealkylation sites (tertiary alicyclic amines) is 2. The summed E-state index contributed by atoms with van der Waals surface area (Å²) in [6.45, 7) is 32.0. The lowest BCUT2D eigenvalue weighted by atomic mass is 10.1. The Labute approximate surface area is 303 Å². The number of nitrogens with zero attached hydrogens (tertiary/aromatic N) is 2. The largest absolute Gasteiger partial charge is 0.414 e. The van der Waals surface area contributed by atoms with Crippen LogP contribution in [-0.4, -0.2) is 89.1 Å². The molecule has 2 N–H and O–H groups in total. The second-order valence-corrected chi connectivity index (χ2v) is 27.2. The van der Waals surface area contributed by atoms with Crippen LogP contribution in [0.1, 0.15) is 91.2 Å². The second kappa shape index (κ2) is 19.5. The molecule has 3 aliphatic heterocycles. The zero-order chi connectivity index (χ0) is 36.1. The molecule has 3 heterocycles. The van der Waals surface area contributed by atoms with E-state index in [4.69, 9.17) is 8.85 Å². The highest BCUT2D eigenvalue weighted by Gasteiger charge is 2.40. The van der Waals surface area contributed by atoms with Crippen LogP contribution in [-0.2, 0) is 21.9 Å². The summed E-state index contributed by atoms with van der Waals surface area (Å²) in [5.41, 5.74) is 2.78. The molecule has 0 saturated carbocycles. The molecule has 0 amide bonds. The summed E-state index contributed by atoms with van der Waals surface area (Å²) in [5, 5.41) is 13.4. The number of piperidine rings is 3. The first-order valence-electron chi connectivity index (χ1n) is 19.2. The van der Waals surface area contributed by atoms with Gasteiger partial charge in [0.15, 0.2) is 16.6 Å². The third kappa shape index (κ3) is 15.0. The molecule has 0 atom stereocenters. The fourth-order valence-corrected chi connectivity index (χ4v) is 8.89. The van der Waals surface area contributed by atoms with Gasteiger partial charge in [-0.2, -0.15) is 0 Å². The third-order valence-corrected chi connectivity index (χ3v) is 20.5. The molecule has 3 saturated heterocycles. The van der Waals surface area contributed by atoms with Crippen molar-refractivity contribution in [1.82, 2.24) is 15.1 Å².